The quantitative estimate of drug-likeness (QED) is 0.276. The summed E-state index contributed by atoms with van der Waals surface area (Å²) in [6.45, 7) is 17.9. The predicted molar refractivity (Wildman–Crippen MR) is 199 cm³/mol. The maximum absolute atomic E-state index is 12.7. The number of nitrogens with zero attached hydrogens (tertiary/aromatic N) is 5. The molecule has 0 spiro atoms. The predicted octanol–water partition coefficient (Wildman–Crippen LogP) is 4.14. The molecule has 3 fully saturated rings. The van der Waals surface area contributed by atoms with Crippen molar-refractivity contribution in [3.8, 4) is 5.75 Å². The van der Waals surface area contributed by atoms with Crippen LogP contribution >= 0.6 is 0 Å². The lowest BCUT2D eigenvalue weighted by Crippen LogP contribution is -2.53. The fourth-order valence-corrected chi connectivity index (χ4v) is 7.62. The number of carbonyl (C=O) groups excluding carboxylic acids is 2. The number of para-hydroxylation sites is 1. The van der Waals surface area contributed by atoms with Crippen molar-refractivity contribution in [1.82, 2.24) is 19.6 Å². The first-order valence-electron chi connectivity index (χ1n) is 18.3. The molecular weight excluding hydrogens is 632 g/mol. The van der Waals surface area contributed by atoms with E-state index in [2.05, 4.69) is 77.6 Å². The number of anilines is 2. The van der Waals surface area contributed by atoms with E-state index >= 15 is 0 Å². The van der Waals surface area contributed by atoms with Crippen LogP contribution < -0.4 is 15.0 Å². The van der Waals surface area contributed by atoms with Gasteiger partial charge < -0.3 is 39.1 Å². The standard InChI is InChI=1S/C28H43N5O4.C11H15NO/c1-23(37-21-28(35)33-17-15-32(16-18-33)26-10-19-36-20-11-26)31-13-8-25(9-14-31)30(2)12-7-24-5-3-4-6-27(24)29-22-34;1-8-6-9(2)11-10(7-8)13-5-4-12(11)3/h3-6,22,25-26H,1,7-21H2,2H3,(H,29,34);6-7H,4-5H2,1-3H3. The zero-order valence-electron chi connectivity index (χ0n) is 30.7. The number of carbonyl (C=O) groups is 2. The lowest BCUT2D eigenvalue weighted by atomic mass is 10.0. The van der Waals surface area contributed by atoms with E-state index in [0.717, 1.165) is 128 Å². The van der Waals surface area contributed by atoms with Crippen molar-refractivity contribution < 1.29 is 23.8 Å². The SMILES string of the molecule is C=C(OCC(=O)N1CCN(C2CCOCC2)CC1)N1CCC(N(C)CCc2ccccc2NC=O)CC1.Cc1cc(C)c2c(c1)OCCN2C. The van der Waals surface area contributed by atoms with Gasteiger partial charge in [0.2, 0.25) is 6.41 Å². The van der Waals surface area contributed by atoms with Gasteiger partial charge in [0.25, 0.3) is 5.91 Å². The molecule has 0 saturated carbocycles. The summed E-state index contributed by atoms with van der Waals surface area (Å²) in [5.41, 5.74) is 5.85. The molecule has 0 aromatic heterocycles. The summed E-state index contributed by atoms with van der Waals surface area (Å²) in [6, 6.07) is 13.3. The highest BCUT2D eigenvalue weighted by Crippen LogP contribution is 2.34. The highest BCUT2D eigenvalue weighted by Gasteiger charge is 2.28. The molecule has 1 N–H and O–H groups in total. The highest BCUT2D eigenvalue weighted by atomic mass is 16.5. The van der Waals surface area contributed by atoms with Gasteiger partial charge in [-0.05, 0) is 88.4 Å². The summed E-state index contributed by atoms with van der Waals surface area (Å²) in [4.78, 5) is 34.8. The van der Waals surface area contributed by atoms with Gasteiger partial charge in [0.05, 0.1) is 12.2 Å². The second-order valence-corrected chi connectivity index (χ2v) is 14.0. The number of nitrogens with one attached hydrogen (secondary N) is 1. The fraction of sp³-hybridized carbons (Fsp3) is 0.590. The zero-order chi connectivity index (χ0) is 35.5. The van der Waals surface area contributed by atoms with Crippen LogP contribution in [-0.4, -0.2) is 137 Å². The van der Waals surface area contributed by atoms with Crippen molar-refractivity contribution >= 4 is 23.7 Å². The molecular formula is C39H58N6O5. The molecule has 274 valence electrons. The minimum absolute atomic E-state index is 0.0479. The number of likely N-dealkylation sites (tertiary alicyclic amines) is 1. The average molecular weight is 691 g/mol. The molecule has 0 bridgehead atoms. The minimum atomic E-state index is 0.0479. The van der Waals surface area contributed by atoms with Crippen molar-refractivity contribution in [3.63, 3.8) is 0 Å². The van der Waals surface area contributed by atoms with Gasteiger partial charge in [-0.1, -0.05) is 24.3 Å². The van der Waals surface area contributed by atoms with Gasteiger partial charge in [-0.25, -0.2) is 0 Å². The number of likely N-dealkylation sites (N-methyl/N-ethyl adjacent to an activating group) is 2. The summed E-state index contributed by atoms with van der Waals surface area (Å²) in [5, 5.41) is 2.79. The molecule has 4 aliphatic heterocycles. The van der Waals surface area contributed by atoms with E-state index < -0.39 is 0 Å². The van der Waals surface area contributed by atoms with Gasteiger partial charge in [-0.3, -0.25) is 14.5 Å². The van der Waals surface area contributed by atoms with Crippen LogP contribution in [0.25, 0.3) is 0 Å². The van der Waals surface area contributed by atoms with E-state index in [1.165, 1.54) is 16.8 Å². The molecule has 4 aliphatic rings. The maximum atomic E-state index is 12.7. The van der Waals surface area contributed by atoms with E-state index in [9.17, 15) is 9.59 Å². The molecule has 2 amide bonds. The number of fused-ring (bicyclic) bond motifs is 1. The van der Waals surface area contributed by atoms with E-state index in [1.54, 1.807) is 0 Å². The van der Waals surface area contributed by atoms with E-state index in [1.807, 2.05) is 23.1 Å². The van der Waals surface area contributed by atoms with Gasteiger partial charge in [-0.15, -0.1) is 0 Å². The Hall–Kier alpha value is -3.80. The van der Waals surface area contributed by atoms with E-state index in [-0.39, 0.29) is 12.5 Å². The molecule has 2 aromatic rings. The summed E-state index contributed by atoms with van der Waals surface area (Å²) in [7, 11) is 4.28. The van der Waals surface area contributed by atoms with Crippen molar-refractivity contribution in [2.24, 2.45) is 0 Å². The third-order valence-electron chi connectivity index (χ3n) is 10.6. The first-order chi connectivity index (χ1) is 24.2. The van der Waals surface area contributed by atoms with Crippen LogP contribution in [0.15, 0.2) is 48.9 Å². The van der Waals surface area contributed by atoms with Gasteiger partial charge in [0.1, 0.15) is 12.4 Å². The molecule has 3 saturated heterocycles. The van der Waals surface area contributed by atoms with Crippen LogP contribution in [0.3, 0.4) is 0 Å². The number of benzene rings is 2. The van der Waals surface area contributed by atoms with Gasteiger partial charge in [-0.2, -0.15) is 0 Å². The highest BCUT2D eigenvalue weighted by molar-refractivity contribution is 5.77. The normalized spacial score (nSPS) is 18.9. The molecule has 11 nitrogen and oxygen atoms in total. The molecule has 4 heterocycles. The van der Waals surface area contributed by atoms with Crippen LogP contribution in [0, 0.1) is 13.8 Å². The lowest BCUT2D eigenvalue weighted by Gasteiger charge is -2.41. The number of amides is 2. The van der Waals surface area contributed by atoms with Crippen molar-refractivity contribution in [2.75, 3.05) is 103 Å². The van der Waals surface area contributed by atoms with Crippen LogP contribution in [0.4, 0.5) is 11.4 Å². The van der Waals surface area contributed by atoms with Gasteiger partial charge in [0, 0.05) is 83.8 Å². The summed E-state index contributed by atoms with van der Waals surface area (Å²) >= 11 is 0. The Bertz CT molecular complexity index is 1420. The Morgan fingerprint density at radius 3 is 2.42 bits per heavy atom. The summed E-state index contributed by atoms with van der Waals surface area (Å²) < 4.78 is 16.9. The third-order valence-corrected chi connectivity index (χ3v) is 10.6. The third kappa shape index (κ3) is 10.1. The van der Waals surface area contributed by atoms with Crippen LogP contribution in [0.2, 0.25) is 0 Å². The number of piperazine rings is 1. The van der Waals surface area contributed by atoms with Crippen LogP contribution in [0.1, 0.15) is 42.4 Å². The zero-order valence-corrected chi connectivity index (χ0v) is 30.7. The van der Waals surface area contributed by atoms with Crippen LogP contribution in [-0.2, 0) is 25.5 Å². The Balaban J connectivity index is 0.000000311. The average Bonchev–Trinajstić information content (AvgIpc) is 3.14. The Labute approximate surface area is 299 Å². The molecule has 2 aromatic carbocycles. The van der Waals surface area contributed by atoms with Crippen molar-refractivity contribution in [2.45, 2.75) is 58.0 Å². The van der Waals surface area contributed by atoms with E-state index in [0.29, 0.717) is 18.0 Å². The first-order valence-corrected chi connectivity index (χ1v) is 18.3. The summed E-state index contributed by atoms with van der Waals surface area (Å²) in [6.07, 6.45) is 5.85. The fourth-order valence-electron chi connectivity index (χ4n) is 7.62. The van der Waals surface area contributed by atoms with Crippen molar-refractivity contribution in [1.29, 1.82) is 0 Å². The number of rotatable bonds is 11. The van der Waals surface area contributed by atoms with Crippen LogP contribution in [0.5, 0.6) is 5.75 Å². The second kappa shape index (κ2) is 18.4. The number of ether oxygens (including phenoxy) is 3. The molecule has 0 atom stereocenters. The number of hydrogen-bond acceptors (Lipinski definition) is 9. The smallest absolute Gasteiger partial charge is 0.260 e. The monoisotopic (exact) mass is 690 g/mol. The summed E-state index contributed by atoms with van der Waals surface area (Å²) in [5.74, 6) is 1.68. The largest absolute Gasteiger partial charge is 0.490 e. The Morgan fingerprint density at radius 2 is 1.70 bits per heavy atom. The molecule has 6 rings (SSSR count). The molecule has 0 aliphatic carbocycles. The number of piperidine rings is 1. The second-order valence-electron chi connectivity index (χ2n) is 14.0. The first kappa shape index (κ1) is 37.5. The number of aryl methyl sites for hydroxylation is 2. The molecule has 50 heavy (non-hydrogen) atoms. The Morgan fingerprint density at radius 1 is 0.980 bits per heavy atom. The molecule has 0 radical (unpaired) electrons. The minimum Gasteiger partial charge on any atom is -0.490 e. The molecule has 0 unspecified atom stereocenters. The van der Waals surface area contributed by atoms with E-state index in [4.69, 9.17) is 14.2 Å². The molecule has 11 heteroatoms. The Kier molecular flexibility index (Phi) is 13.8. The van der Waals surface area contributed by atoms with Gasteiger partial charge in [0.15, 0.2) is 12.5 Å². The number of hydrogen-bond donors (Lipinski definition) is 1. The lowest BCUT2D eigenvalue weighted by molar-refractivity contribution is -0.138. The maximum Gasteiger partial charge on any atom is 0.260 e. The topological polar surface area (TPSA) is 90.1 Å². The van der Waals surface area contributed by atoms with Gasteiger partial charge >= 0.3 is 0 Å². The van der Waals surface area contributed by atoms with Crippen molar-refractivity contribution in [3.05, 3.63) is 65.6 Å².